The van der Waals surface area contributed by atoms with Gasteiger partial charge in [0.05, 0.1) is 5.71 Å². The van der Waals surface area contributed by atoms with Crippen LogP contribution in [0.4, 0.5) is 8.78 Å². The maximum Gasteiger partial charge on any atom is 0.387 e. The zero-order valence-corrected chi connectivity index (χ0v) is 15.4. The molecule has 0 amide bonds. The number of oxime groups is 1. The molecule has 4 nitrogen and oxygen atoms in total. The second-order valence-electron chi connectivity index (χ2n) is 7.80. The average molecular weight is 385 g/mol. The molecule has 0 bridgehead atoms. The highest BCUT2D eigenvalue weighted by Crippen LogP contribution is 2.44. The minimum absolute atomic E-state index is 0.0487. The van der Waals surface area contributed by atoms with Crippen molar-refractivity contribution < 1.29 is 23.1 Å². The van der Waals surface area contributed by atoms with E-state index in [-0.39, 0.29) is 17.5 Å². The Kier molecular flexibility index (Phi) is 4.22. The van der Waals surface area contributed by atoms with Crippen molar-refractivity contribution in [3.63, 3.8) is 0 Å². The molecule has 2 aliphatic carbocycles. The highest BCUT2D eigenvalue weighted by Gasteiger charge is 2.45. The van der Waals surface area contributed by atoms with E-state index in [1.165, 1.54) is 17.2 Å². The fourth-order valence-electron chi connectivity index (χ4n) is 4.27. The van der Waals surface area contributed by atoms with Gasteiger partial charge in [0.25, 0.3) is 0 Å². The molecule has 0 radical (unpaired) electrons. The quantitative estimate of drug-likeness (QED) is 0.736. The number of hydrogen-bond acceptors (Lipinski definition) is 4. The van der Waals surface area contributed by atoms with Gasteiger partial charge in [0.2, 0.25) is 0 Å². The molecule has 5 rings (SSSR count). The molecular weight excluding hydrogens is 364 g/mol. The van der Waals surface area contributed by atoms with E-state index in [0.29, 0.717) is 5.75 Å². The fraction of sp³-hybridized carbons (Fsp3) is 0.409. The normalized spacial score (nSPS) is 19.9. The fourth-order valence-corrected chi connectivity index (χ4v) is 4.27. The molecule has 2 aromatic rings. The van der Waals surface area contributed by atoms with Gasteiger partial charge in [0, 0.05) is 24.8 Å². The number of hydrogen-bond donors (Lipinski definition) is 0. The predicted molar refractivity (Wildman–Crippen MR) is 100 cm³/mol. The summed E-state index contributed by atoms with van der Waals surface area (Å²) in [5, 5.41) is 4.25. The van der Waals surface area contributed by atoms with Crippen molar-refractivity contribution >= 4 is 5.71 Å². The molecule has 146 valence electrons. The Hall–Kier alpha value is -2.63. The zero-order valence-electron chi connectivity index (χ0n) is 15.4. The number of ether oxygens (including phenoxy) is 2. The third-order valence-electron chi connectivity index (χ3n) is 5.90. The van der Waals surface area contributed by atoms with Gasteiger partial charge in [-0.05, 0) is 48.6 Å². The lowest BCUT2D eigenvalue weighted by atomic mass is 9.76. The largest absolute Gasteiger partial charge is 0.486 e. The summed E-state index contributed by atoms with van der Waals surface area (Å²) < 4.78 is 36.6. The number of benzene rings is 2. The molecule has 1 saturated carbocycles. The second-order valence-corrected chi connectivity index (χ2v) is 7.80. The average Bonchev–Trinajstić information content (AvgIpc) is 3.26. The van der Waals surface area contributed by atoms with E-state index in [1.807, 2.05) is 12.1 Å². The Morgan fingerprint density at radius 1 is 1.04 bits per heavy atom. The van der Waals surface area contributed by atoms with Crippen LogP contribution in [0.5, 0.6) is 11.5 Å². The first-order chi connectivity index (χ1) is 13.6. The molecule has 0 aromatic heterocycles. The van der Waals surface area contributed by atoms with Crippen LogP contribution in [0.2, 0.25) is 0 Å². The Morgan fingerprint density at radius 3 is 2.39 bits per heavy atom. The van der Waals surface area contributed by atoms with Gasteiger partial charge in [-0.2, -0.15) is 8.78 Å². The molecule has 0 N–H and O–H groups in total. The first-order valence-electron chi connectivity index (χ1n) is 9.68. The summed E-state index contributed by atoms with van der Waals surface area (Å²) in [6.45, 7) is -2.90. The van der Waals surface area contributed by atoms with Crippen LogP contribution in [0, 0.1) is 0 Å². The van der Waals surface area contributed by atoms with Gasteiger partial charge in [-0.1, -0.05) is 29.4 Å². The summed E-state index contributed by atoms with van der Waals surface area (Å²) in [6.07, 6.45) is 5.32. The molecule has 0 unspecified atom stereocenters. The second kappa shape index (κ2) is 6.76. The van der Waals surface area contributed by atoms with Gasteiger partial charge in [0.1, 0.15) is 11.7 Å². The number of rotatable bonds is 5. The lowest BCUT2D eigenvalue weighted by Crippen LogP contribution is -2.36. The number of fused-ring (bicyclic) bond motifs is 1. The maximum atomic E-state index is 12.9. The SMILES string of the molecule is FC(F)Oc1ccc(C2=NOC3(CCC3)C2)cc1OC1Cc2ccccc2C1. The van der Waals surface area contributed by atoms with Crippen LogP contribution >= 0.6 is 0 Å². The van der Waals surface area contributed by atoms with Crippen molar-refractivity contribution in [2.75, 3.05) is 0 Å². The van der Waals surface area contributed by atoms with Gasteiger partial charge in [-0.15, -0.1) is 0 Å². The summed E-state index contributed by atoms with van der Waals surface area (Å²) >= 11 is 0. The van der Waals surface area contributed by atoms with E-state index >= 15 is 0 Å². The summed E-state index contributed by atoms with van der Waals surface area (Å²) in [6, 6.07) is 13.2. The summed E-state index contributed by atoms with van der Waals surface area (Å²) in [4.78, 5) is 5.65. The van der Waals surface area contributed by atoms with E-state index in [9.17, 15) is 8.78 Å². The van der Waals surface area contributed by atoms with Crippen LogP contribution in [0.15, 0.2) is 47.6 Å². The Balaban J connectivity index is 1.38. The Labute approximate surface area is 162 Å². The van der Waals surface area contributed by atoms with Crippen molar-refractivity contribution in [3.05, 3.63) is 59.2 Å². The van der Waals surface area contributed by atoms with Crippen LogP contribution < -0.4 is 9.47 Å². The highest BCUT2D eigenvalue weighted by molar-refractivity contribution is 6.02. The van der Waals surface area contributed by atoms with Crippen molar-refractivity contribution in [1.29, 1.82) is 0 Å². The van der Waals surface area contributed by atoms with E-state index in [1.54, 1.807) is 12.1 Å². The van der Waals surface area contributed by atoms with Crippen LogP contribution in [0.3, 0.4) is 0 Å². The van der Waals surface area contributed by atoms with Gasteiger partial charge in [0.15, 0.2) is 11.5 Å². The molecular formula is C22H21F2NO3. The number of alkyl halides is 2. The van der Waals surface area contributed by atoms with Crippen LogP contribution in [-0.2, 0) is 17.7 Å². The van der Waals surface area contributed by atoms with Crippen molar-refractivity contribution in [3.8, 4) is 11.5 Å². The van der Waals surface area contributed by atoms with E-state index in [0.717, 1.165) is 49.8 Å². The maximum absolute atomic E-state index is 12.9. The van der Waals surface area contributed by atoms with E-state index < -0.39 is 6.61 Å². The van der Waals surface area contributed by atoms with Crippen molar-refractivity contribution in [1.82, 2.24) is 0 Å². The molecule has 0 saturated heterocycles. The van der Waals surface area contributed by atoms with Crippen molar-refractivity contribution in [2.45, 2.75) is 56.8 Å². The van der Waals surface area contributed by atoms with Gasteiger partial charge < -0.3 is 14.3 Å². The standard InChI is InChI=1S/C22H21F2NO3/c23-21(24)27-19-7-6-16(18-13-22(28-25-18)8-3-9-22)12-20(19)26-17-10-14-4-1-2-5-15(14)11-17/h1-2,4-7,12,17,21H,3,8-11,13H2. The molecule has 3 aliphatic rings. The predicted octanol–water partition coefficient (Wildman–Crippen LogP) is 4.88. The lowest BCUT2D eigenvalue weighted by Gasteiger charge is -2.34. The third kappa shape index (κ3) is 3.21. The van der Waals surface area contributed by atoms with Crippen LogP contribution in [-0.4, -0.2) is 24.0 Å². The van der Waals surface area contributed by atoms with Gasteiger partial charge >= 0.3 is 6.61 Å². The van der Waals surface area contributed by atoms with E-state index in [4.69, 9.17) is 14.3 Å². The van der Waals surface area contributed by atoms with Crippen molar-refractivity contribution in [2.24, 2.45) is 5.16 Å². The molecule has 2 aromatic carbocycles. The lowest BCUT2D eigenvalue weighted by molar-refractivity contribution is -0.0755. The number of nitrogens with zero attached hydrogens (tertiary/aromatic N) is 1. The molecule has 1 fully saturated rings. The Bertz CT molecular complexity index is 899. The minimum Gasteiger partial charge on any atom is -0.486 e. The third-order valence-corrected chi connectivity index (χ3v) is 5.90. The molecule has 28 heavy (non-hydrogen) atoms. The van der Waals surface area contributed by atoms with Crippen LogP contribution in [0.1, 0.15) is 42.4 Å². The molecule has 6 heteroatoms. The monoisotopic (exact) mass is 385 g/mol. The molecule has 1 spiro atoms. The Morgan fingerprint density at radius 2 is 1.79 bits per heavy atom. The minimum atomic E-state index is -2.90. The first-order valence-corrected chi connectivity index (χ1v) is 9.68. The molecule has 1 aliphatic heterocycles. The summed E-state index contributed by atoms with van der Waals surface area (Å²) in [5.74, 6) is 0.375. The molecule has 1 heterocycles. The van der Waals surface area contributed by atoms with E-state index in [2.05, 4.69) is 17.3 Å². The first kappa shape index (κ1) is 17.5. The van der Waals surface area contributed by atoms with Gasteiger partial charge in [-0.25, -0.2) is 0 Å². The van der Waals surface area contributed by atoms with Crippen LogP contribution in [0.25, 0.3) is 0 Å². The summed E-state index contributed by atoms with van der Waals surface area (Å²) in [5.41, 5.74) is 3.99. The summed E-state index contributed by atoms with van der Waals surface area (Å²) in [7, 11) is 0. The molecule has 0 atom stereocenters. The number of halogens is 2. The topological polar surface area (TPSA) is 40.0 Å². The highest BCUT2D eigenvalue weighted by atomic mass is 19.3. The smallest absolute Gasteiger partial charge is 0.387 e. The zero-order chi connectivity index (χ0) is 19.1. The van der Waals surface area contributed by atoms with Gasteiger partial charge in [-0.3, -0.25) is 0 Å².